The van der Waals surface area contributed by atoms with Crippen LogP contribution < -0.4 is 5.32 Å². The lowest BCUT2D eigenvalue weighted by molar-refractivity contribution is 0.0792. The van der Waals surface area contributed by atoms with Crippen LogP contribution in [0.15, 0.2) is 36.5 Å². The van der Waals surface area contributed by atoms with Crippen molar-refractivity contribution < 1.29 is 9.90 Å². The third kappa shape index (κ3) is 5.36. The predicted octanol–water partition coefficient (Wildman–Crippen LogP) is 2.46. The molecule has 29 heavy (non-hydrogen) atoms. The smallest absolute Gasteiger partial charge is 0.317 e. The number of amides is 2. The summed E-state index contributed by atoms with van der Waals surface area (Å²) in [5.74, 6) is 0.340. The number of carbonyl (C=O) groups is 1. The van der Waals surface area contributed by atoms with E-state index in [1.165, 1.54) is 5.56 Å². The molecule has 0 bridgehead atoms. The summed E-state index contributed by atoms with van der Waals surface area (Å²) in [7, 11) is 0. The number of nitrogens with zero attached hydrogens (tertiary/aromatic N) is 3. The van der Waals surface area contributed by atoms with E-state index < -0.39 is 0 Å². The molecule has 0 spiro atoms. The maximum Gasteiger partial charge on any atom is 0.317 e. The van der Waals surface area contributed by atoms with Gasteiger partial charge < -0.3 is 15.3 Å². The predicted molar refractivity (Wildman–Crippen MR) is 111 cm³/mol. The number of carbonyl (C=O) groups excluding carboxylic acids is 1. The molecule has 0 saturated carbocycles. The Balaban J connectivity index is 1.24. The standard InChI is InChI=1S/C22H31N5O2/c28-20-8-12-26(13-9-20)15-18-5-3-17(4-6-18)14-23-22(29)27-11-1-2-19(16-27)21-7-10-24-25-21/h3-7,10,19-20,28H,1-2,8-9,11-16H2,(H,23,29)(H,24,25). The van der Waals surface area contributed by atoms with Crippen LogP contribution in [-0.4, -0.2) is 63.4 Å². The van der Waals surface area contributed by atoms with Crippen LogP contribution in [0.5, 0.6) is 0 Å². The Kier molecular flexibility index (Phi) is 6.46. The number of hydrogen-bond acceptors (Lipinski definition) is 4. The number of rotatable bonds is 5. The van der Waals surface area contributed by atoms with E-state index in [-0.39, 0.29) is 12.1 Å². The van der Waals surface area contributed by atoms with E-state index >= 15 is 0 Å². The normalized spacial score (nSPS) is 21.3. The van der Waals surface area contributed by atoms with Crippen molar-refractivity contribution in [1.29, 1.82) is 0 Å². The molecular formula is C22H31N5O2. The van der Waals surface area contributed by atoms with E-state index in [2.05, 4.69) is 44.7 Å². The third-order valence-electron chi connectivity index (χ3n) is 6.10. The second-order valence-corrected chi connectivity index (χ2v) is 8.28. The zero-order chi connectivity index (χ0) is 20.1. The summed E-state index contributed by atoms with van der Waals surface area (Å²) in [5.41, 5.74) is 3.49. The van der Waals surface area contributed by atoms with E-state index in [0.717, 1.165) is 69.7 Å². The zero-order valence-electron chi connectivity index (χ0n) is 16.9. The molecule has 3 N–H and O–H groups in total. The van der Waals surface area contributed by atoms with Gasteiger partial charge in [0.25, 0.3) is 0 Å². The van der Waals surface area contributed by atoms with E-state index in [9.17, 15) is 9.90 Å². The van der Waals surface area contributed by atoms with Crippen molar-refractivity contribution in [2.75, 3.05) is 26.2 Å². The summed E-state index contributed by atoms with van der Waals surface area (Å²) >= 11 is 0. The summed E-state index contributed by atoms with van der Waals surface area (Å²) in [6, 6.07) is 10.5. The first kappa shape index (κ1) is 19.9. The number of aliphatic hydroxyl groups excluding tert-OH is 1. The first-order chi connectivity index (χ1) is 14.2. The van der Waals surface area contributed by atoms with Gasteiger partial charge in [0, 0.05) is 57.1 Å². The molecule has 7 nitrogen and oxygen atoms in total. The molecule has 2 aliphatic heterocycles. The van der Waals surface area contributed by atoms with Crippen molar-refractivity contribution in [2.45, 2.75) is 50.8 Å². The van der Waals surface area contributed by atoms with Gasteiger partial charge >= 0.3 is 6.03 Å². The topological polar surface area (TPSA) is 84.5 Å². The fourth-order valence-electron chi connectivity index (χ4n) is 4.30. The van der Waals surface area contributed by atoms with E-state index in [0.29, 0.717) is 12.5 Å². The Morgan fingerprint density at radius 3 is 2.59 bits per heavy atom. The molecule has 7 heteroatoms. The second-order valence-electron chi connectivity index (χ2n) is 8.28. The Morgan fingerprint density at radius 1 is 1.10 bits per heavy atom. The van der Waals surface area contributed by atoms with Crippen molar-refractivity contribution in [1.82, 2.24) is 25.3 Å². The van der Waals surface area contributed by atoms with Crippen LogP contribution in [0.25, 0.3) is 0 Å². The van der Waals surface area contributed by atoms with Gasteiger partial charge in [0.15, 0.2) is 0 Å². The van der Waals surface area contributed by atoms with E-state index in [1.807, 2.05) is 11.0 Å². The average Bonchev–Trinajstić information content (AvgIpc) is 3.30. The van der Waals surface area contributed by atoms with Crippen LogP contribution in [0.3, 0.4) is 0 Å². The van der Waals surface area contributed by atoms with Crippen LogP contribution in [-0.2, 0) is 13.1 Å². The monoisotopic (exact) mass is 397 g/mol. The quantitative estimate of drug-likeness (QED) is 0.724. The minimum Gasteiger partial charge on any atom is -0.393 e. The second kappa shape index (κ2) is 9.41. The van der Waals surface area contributed by atoms with E-state index in [1.54, 1.807) is 6.20 Å². The number of H-pyrrole nitrogens is 1. The number of benzene rings is 1. The molecule has 2 amide bonds. The molecule has 3 heterocycles. The summed E-state index contributed by atoms with van der Waals surface area (Å²) in [4.78, 5) is 16.9. The van der Waals surface area contributed by atoms with Gasteiger partial charge in [-0.15, -0.1) is 0 Å². The van der Waals surface area contributed by atoms with Gasteiger partial charge in [-0.2, -0.15) is 5.10 Å². The highest BCUT2D eigenvalue weighted by molar-refractivity contribution is 5.74. The molecule has 1 unspecified atom stereocenters. The Labute approximate surface area is 172 Å². The number of aromatic amines is 1. The molecule has 2 fully saturated rings. The minimum atomic E-state index is -0.132. The zero-order valence-corrected chi connectivity index (χ0v) is 16.9. The van der Waals surface area contributed by atoms with Crippen molar-refractivity contribution >= 4 is 6.03 Å². The van der Waals surface area contributed by atoms with Crippen LogP contribution in [0, 0.1) is 0 Å². The first-order valence-corrected chi connectivity index (χ1v) is 10.7. The van der Waals surface area contributed by atoms with Crippen LogP contribution in [0.2, 0.25) is 0 Å². The van der Waals surface area contributed by atoms with Crippen molar-refractivity contribution in [3.05, 3.63) is 53.3 Å². The molecule has 1 aromatic heterocycles. The Hall–Kier alpha value is -2.38. The summed E-state index contributed by atoms with van der Waals surface area (Å²) in [5, 5.41) is 19.8. The average molecular weight is 398 g/mol. The highest BCUT2D eigenvalue weighted by atomic mass is 16.3. The fraction of sp³-hybridized carbons (Fsp3) is 0.545. The lowest BCUT2D eigenvalue weighted by Crippen LogP contribution is -2.44. The van der Waals surface area contributed by atoms with Crippen molar-refractivity contribution in [3.8, 4) is 0 Å². The molecule has 1 aromatic carbocycles. The van der Waals surface area contributed by atoms with Gasteiger partial charge in [0.05, 0.1) is 6.10 Å². The molecular weight excluding hydrogens is 366 g/mol. The molecule has 0 radical (unpaired) electrons. The number of hydrogen-bond donors (Lipinski definition) is 3. The molecule has 156 valence electrons. The van der Waals surface area contributed by atoms with Crippen LogP contribution in [0.4, 0.5) is 4.79 Å². The largest absolute Gasteiger partial charge is 0.393 e. The fourth-order valence-corrected chi connectivity index (χ4v) is 4.30. The van der Waals surface area contributed by atoms with Crippen LogP contribution >= 0.6 is 0 Å². The number of piperidine rings is 2. The highest BCUT2D eigenvalue weighted by Gasteiger charge is 2.25. The van der Waals surface area contributed by atoms with Crippen molar-refractivity contribution in [3.63, 3.8) is 0 Å². The highest BCUT2D eigenvalue weighted by Crippen LogP contribution is 2.25. The molecule has 2 aromatic rings. The molecule has 1 atom stereocenters. The summed E-state index contributed by atoms with van der Waals surface area (Å²) < 4.78 is 0. The van der Waals surface area contributed by atoms with Gasteiger partial charge in [-0.25, -0.2) is 4.79 Å². The molecule has 2 aliphatic rings. The number of aliphatic hydroxyl groups is 1. The van der Waals surface area contributed by atoms with Gasteiger partial charge in [-0.05, 0) is 42.9 Å². The maximum atomic E-state index is 12.6. The van der Waals surface area contributed by atoms with E-state index in [4.69, 9.17) is 0 Å². The Morgan fingerprint density at radius 2 is 1.86 bits per heavy atom. The van der Waals surface area contributed by atoms with Crippen LogP contribution in [0.1, 0.15) is 48.4 Å². The first-order valence-electron chi connectivity index (χ1n) is 10.7. The van der Waals surface area contributed by atoms with Gasteiger partial charge in [0.2, 0.25) is 0 Å². The summed E-state index contributed by atoms with van der Waals surface area (Å²) in [6.45, 7) is 4.91. The van der Waals surface area contributed by atoms with Gasteiger partial charge in [-0.1, -0.05) is 24.3 Å². The Bertz CT molecular complexity index is 769. The number of nitrogens with one attached hydrogen (secondary N) is 2. The molecule has 0 aliphatic carbocycles. The maximum absolute atomic E-state index is 12.6. The summed E-state index contributed by atoms with van der Waals surface area (Å²) in [6.07, 6.45) is 5.46. The number of aromatic nitrogens is 2. The molecule has 2 saturated heterocycles. The SMILES string of the molecule is O=C(NCc1ccc(CN2CCC(O)CC2)cc1)N1CCCC(c2ccn[nH]2)C1. The molecule has 4 rings (SSSR count). The number of urea groups is 1. The van der Waals surface area contributed by atoms with Gasteiger partial charge in [-0.3, -0.25) is 10.00 Å². The lowest BCUT2D eigenvalue weighted by atomic mass is 9.95. The van der Waals surface area contributed by atoms with Crippen molar-refractivity contribution in [2.24, 2.45) is 0 Å². The third-order valence-corrected chi connectivity index (χ3v) is 6.10. The minimum absolute atomic E-state index is 0.00478. The lowest BCUT2D eigenvalue weighted by Gasteiger charge is -2.32. The van der Waals surface area contributed by atoms with Gasteiger partial charge in [0.1, 0.15) is 0 Å². The number of likely N-dealkylation sites (tertiary alicyclic amines) is 2.